The number of carbonyl (C=O) groups is 1. The smallest absolute Gasteiger partial charge is 0.271 e. The minimum absolute atomic E-state index is 0.101. The largest absolute Gasteiger partial charge is 0.364 e. The van der Waals surface area contributed by atoms with Crippen molar-refractivity contribution in [3.05, 3.63) is 46.8 Å². The summed E-state index contributed by atoms with van der Waals surface area (Å²) in [5.41, 5.74) is 7.29. The number of primary amides is 1. The molecule has 0 aliphatic carbocycles. The minimum atomic E-state index is -0.634. The molecule has 2 heterocycles. The van der Waals surface area contributed by atoms with Gasteiger partial charge in [0.2, 0.25) is 0 Å². The van der Waals surface area contributed by atoms with Crippen molar-refractivity contribution in [2.24, 2.45) is 5.73 Å². The fourth-order valence-corrected chi connectivity index (χ4v) is 2.18. The van der Waals surface area contributed by atoms with E-state index in [0.29, 0.717) is 11.3 Å². The van der Waals surface area contributed by atoms with Crippen LogP contribution in [0.5, 0.6) is 0 Å². The highest BCUT2D eigenvalue weighted by Crippen LogP contribution is 2.27. The van der Waals surface area contributed by atoms with Crippen molar-refractivity contribution in [2.45, 2.75) is 0 Å². The molecule has 0 spiro atoms. The van der Waals surface area contributed by atoms with Gasteiger partial charge in [0, 0.05) is 11.8 Å². The van der Waals surface area contributed by atoms with E-state index in [2.05, 4.69) is 36.4 Å². The highest BCUT2D eigenvalue weighted by atomic mass is 79.9. The van der Waals surface area contributed by atoms with E-state index in [1.165, 1.54) is 0 Å². The Labute approximate surface area is 121 Å². The molecule has 0 aliphatic rings. The Kier molecular flexibility index (Phi) is 3.07. The fraction of sp³-hybridized carbons (Fsp3) is 0. The summed E-state index contributed by atoms with van der Waals surface area (Å²) in [5.74, 6) is -0.634. The molecule has 20 heavy (non-hydrogen) atoms. The maximum absolute atomic E-state index is 11.4. The Balaban J connectivity index is 2.20. The number of aromatic amines is 1. The molecule has 0 atom stereocenters. The van der Waals surface area contributed by atoms with Gasteiger partial charge < -0.3 is 5.73 Å². The van der Waals surface area contributed by atoms with E-state index in [-0.39, 0.29) is 5.69 Å². The molecule has 1 amide bonds. The third kappa shape index (κ3) is 2.10. The zero-order valence-electron chi connectivity index (χ0n) is 10.1. The first-order chi connectivity index (χ1) is 9.66. The van der Waals surface area contributed by atoms with Crippen molar-refractivity contribution in [1.82, 2.24) is 25.2 Å². The average molecular weight is 333 g/mol. The van der Waals surface area contributed by atoms with Gasteiger partial charge in [-0.3, -0.25) is 4.79 Å². The molecule has 0 aliphatic heterocycles. The maximum Gasteiger partial charge on any atom is 0.271 e. The van der Waals surface area contributed by atoms with Gasteiger partial charge in [-0.15, -0.1) is 0 Å². The molecular formula is C12H9BrN6O. The Morgan fingerprint density at radius 1 is 1.30 bits per heavy atom. The molecule has 3 rings (SSSR count). The van der Waals surface area contributed by atoms with Crippen LogP contribution < -0.4 is 5.73 Å². The Bertz CT molecular complexity index is 778. The molecule has 3 N–H and O–H groups in total. The van der Waals surface area contributed by atoms with Gasteiger partial charge in [-0.1, -0.05) is 18.2 Å². The number of para-hydroxylation sites is 1. The normalized spacial score (nSPS) is 10.7. The van der Waals surface area contributed by atoms with Crippen molar-refractivity contribution >= 4 is 21.8 Å². The number of amides is 1. The van der Waals surface area contributed by atoms with E-state index < -0.39 is 5.91 Å². The van der Waals surface area contributed by atoms with Crippen LogP contribution in [0.2, 0.25) is 0 Å². The van der Waals surface area contributed by atoms with Gasteiger partial charge in [0.15, 0.2) is 5.69 Å². The summed E-state index contributed by atoms with van der Waals surface area (Å²) < 4.78 is 2.53. The summed E-state index contributed by atoms with van der Waals surface area (Å²) in [7, 11) is 0. The standard InChI is InChI=1S/C12H9BrN6O/c13-7-5-15-19(6-7)9-4-2-1-3-8(9)10-11(12(14)20)17-18-16-10/h1-6H,(H2,14,20)(H,16,17,18). The lowest BCUT2D eigenvalue weighted by Crippen LogP contribution is -2.13. The Morgan fingerprint density at radius 3 is 2.80 bits per heavy atom. The highest BCUT2D eigenvalue weighted by molar-refractivity contribution is 9.10. The summed E-state index contributed by atoms with van der Waals surface area (Å²) in [6, 6.07) is 7.42. The van der Waals surface area contributed by atoms with Gasteiger partial charge in [-0.05, 0) is 22.0 Å². The Hall–Kier alpha value is -2.48. The van der Waals surface area contributed by atoms with Crippen LogP contribution in [0.15, 0.2) is 41.1 Å². The first-order valence-electron chi connectivity index (χ1n) is 5.67. The van der Waals surface area contributed by atoms with Crippen molar-refractivity contribution < 1.29 is 4.79 Å². The second kappa shape index (κ2) is 4.89. The number of carbonyl (C=O) groups excluding carboxylic acids is 1. The monoisotopic (exact) mass is 332 g/mol. The van der Waals surface area contributed by atoms with E-state index in [9.17, 15) is 4.79 Å². The van der Waals surface area contributed by atoms with E-state index in [0.717, 1.165) is 10.2 Å². The lowest BCUT2D eigenvalue weighted by atomic mass is 10.1. The molecule has 7 nitrogen and oxygen atoms in total. The number of hydrogen-bond acceptors (Lipinski definition) is 4. The SMILES string of the molecule is NC(=O)c1n[nH]nc1-c1ccccc1-n1cc(Br)cn1. The molecule has 8 heteroatoms. The van der Waals surface area contributed by atoms with Crippen LogP contribution in [0.25, 0.3) is 16.9 Å². The first kappa shape index (κ1) is 12.5. The van der Waals surface area contributed by atoms with Crippen LogP contribution in [-0.4, -0.2) is 31.1 Å². The van der Waals surface area contributed by atoms with E-state index in [4.69, 9.17) is 5.73 Å². The van der Waals surface area contributed by atoms with E-state index in [1.54, 1.807) is 10.9 Å². The number of nitrogens with one attached hydrogen (secondary N) is 1. The van der Waals surface area contributed by atoms with E-state index >= 15 is 0 Å². The molecule has 0 saturated carbocycles. The van der Waals surface area contributed by atoms with Crippen LogP contribution in [0.3, 0.4) is 0 Å². The summed E-state index contributed by atoms with van der Waals surface area (Å²) in [6.45, 7) is 0. The molecular weight excluding hydrogens is 324 g/mol. The lowest BCUT2D eigenvalue weighted by Gasteiger charge is -2.07. The van der Waals surface area contributed by atoms with Gasteiger partial charge in [0.25, 0.3) is 5.91 Å². The average Bonchev–Trinajstić information content (AvgIpc) is 3.07. The zero-order valence-corrected chi connectivity index (χ0v) is 11.7. The number of aromatic nitrogens is 5. The van der Waals surface area contributed by atoms with Gasteiger partial charge in [-0.2, -0.15) is 20.5 Å². The maximum atomic E-state index is 11.4. The quantitative estimate of drug-likeness (QED) is 0.758. The van der Waals surface area contributed by atoms with Crippen LogP contribution in [0.1, 0.15) is 10.5 Å². The third-order valence-corrected chi connectivity index (χ3v) is 3.15. The number of H-pyrrole nitrogens is 1. The zero-order chi connectivity index (χ0) is 14.1. The summed E-state index contributed by atoms with van der Waals surface area (Å²) >= 11 is 3.35. The number of halogens is 1. The molecule has 2 aromatic heterocycles. The van der Waals surface area contributed by atoms with Crippen LogP contribution in [0.4, 0.5) is 0 Å². The van der Waals surface area contributed by atoms with Crippen LogP contribution in [0, 0.1) is 0 Å². The molecule has 0 bridgehead atoms. The van der Waals surface area contributed by atoms with Crippen molar-refractivity contribution in [3.63, 3.8) is 0 Å². The summed E-state index contributed by atoms with van der Waals surface area (Å²) in [5, 5.41) is 14.4. The van der Waals surface area contributed by atoms with Crippen molar-refractivity contribution in [2.75, 3.05) is 0 Å². The van der Waals surface area contributed by atoms with Gasteiger partial charge in [-0.25, -0.2) is 4.68 Å². The molecule has 0 unspecified atom stereocenters. The third-order valence-electron chi connectivity index (χ3n) is 2.74. The molecule has 0 saturated heterocycles. The molecule has 0 fully saturated rings. The molecule has 100 valence electrons. The second-order valence-electron chi connectivity index (χ2n) is 4.01. The number of rotatable bonds is 3. The number of benzene rings is 1. The predicted octanol–water partition coefficient (Wildman–Crippen LogP) is 1.52. The topological polar surface area (TPSA) is 102 Å². The Morgan fingerprint density at radius 2 is 2.10 bits per heavy atom. The van der Waals surface area contributed by atoms with Crippen LogP contribution in [-0.2, 0) is 0 Å². The molecule has 1 aromatic carbocycles. The van der Waals surface area contributed by atoms with Gasteiger partial charge >= 0.3 is 0 Å². The highest BCUT2D eigenvalue weighted by Gasteiger charge is 2.18. The van der Waals surface area contributed by atoms with Gasteiger partial charge in [0.05, 0.1) is 16.4 Å². The van der Waals surface area contributed by atoms with Gasteiger partial charge in [0.1, 0.15) is 5.69 Å². The minimum Gasteiger partial charge on any atom is -0.364 e. The first-order valence-corrected chi connectivity index (χ1v) is 6.46. The number of hydrogen-bond donors (Lipinski definition) is 2. The van der Waals surface area contributed by atoms with Crippen molar-refractivity contribution in [1.29, 1.82) is 0 Å². The number of nitrogens with zero attached hydrogens (tertiary/aromatic N) is 4. The summed E-state index contributed by atoms with van der Waals surface area (Å²) in [4.78, 5) is 11.4. The number of nitrogens with two attached hydrogens (primary N) is 1. The van der Waals surface area contributed by atoms with Crippen molar-refractivity contribution in [3.8, 4) is 16.9 Å². The molecule has 0 radical (unpaired) electrons. The fourth-order valence-electron chi connectivity index (χ4n) is 1.90. The molecule has 3 aromatic rings. The van der Waals surface area contributed by atoms with E-state index in [1.807, 2.05) is 30.5 Å². The summed E-state index contributed by atoms with van der Waals surface area (Å²) in [6.07, 6.45) is 3.48. The van der Waals surface area contributed by atoms with Crippen LogP contribution >= 0.6 is 15.9 Å². The lowest BCUT2D eigenvalue weighted by molar-refractivity contribution is 0.0996. The predicted molar refractivity (Wildman–Crippen MR) is 75.2 cm³/mol. The second-order valence-corrected chi connectivity index (χ2v) is 4.92.